The Morgan fingerprint density at radius 2 is 2.18 bits per heavy atom. The van der Waals surface area contributed by atoms with Crippen molar-refractivity contribution in [3.63, 3.8) is 0 Å². The fourth-order valence-corrected chi connectivity index (χ4v) is 4.43. The van der Waals surface area contributed by atoms with E-state index in [-0.39, 0.29) is 29.4 Å². The summed E-state index contributed by atoms with van der Waals surface area (Å²) in [5.74, 6) is 0.209. The third-order valence-corrected chi connectivity index (χ3v) is 5.46. The van der Waals surface area contributed by atoms with Gasteiger partial charge in [0.25, 0.3) is 5.91 Å². The minimum absolute atomic E-state index is 0.0312. The summed E-state index contributed by atoms with van der Waals surface area (Å²) in [7, 11) is -3.05. The van der Waals surface area contributed by atoms with Crippen LogP contribution in [0.1, 0.15) is 36.2 Å². The summed E-state index contributed by atoms with van der Waals surface area (Å²) < 4.78 is 23.4. The lowest BCUT2D eigenvalue weighted by molar-refractivity contribution is 0.0672. The predicted molar refractivity (Wildman–Crippen MR) is 84.1 cm³/mol. The van der Waals surface area contributed by atoms with Crippen LogP contribution in [0.5, 0.6) is 0 Å². The molecule has 1 aromatic carbocycles. The minimum atomic E-state index is -3.05. The second-order valence-corrected chi connectivity index (χ2v) is 8.33. The normalized spacial score (nSPS) is 19.8. The quantitative estimate of drug-likeness (QED) is 0.848. The van der Waals surface area contributed by atoms with Crippen LogP contribution < -0.4 is 0 Å². The van der Waals surface area contributed by atoms with Gasteiger partial charge in [-0.25, -0.2) is 8.42 Å². The van der Waals surface area contributed by atoms with Gasteiger partial charge in [0.2, 0.25) is 0 Å². The molecule has 0 aromatic heterocycles. The topological polar surface area (TPSA) is 78.2 Å². The van der Waals surface area contributed by atoms with E-state index in [2.05, 4.69) is 0 Å². The summed E-state index contributed by atoms with van der Waals surface area (Å²) in [5, 5.41) is 8.95. The minimum Gasteiger partial charge on any atom is -0.334 e. The van der Waals surface area contributed by atoms with Gasteiger partial charge in [0, 0.05) is 18.2 Å². The summed E-state index contributed by atoms with van der Waals surface area (Å²) in [4.78, 5) is 14.4. The van der Waals surface area contributed by atoms with Crippen LogP contribution in [-0.2, 0) is 9.84 Å². The summed E-state index contributed by atoms with van der Waals surface area (Å²) in [5.41, 5.74) is 0.860. The molecule has 22 heavy (non-hydrogen) atoms. The van der Waals surface area contributed by atoms with Crippen LogP contribution in [0, 0.1) is 17.2 Å². The zero-order valence-corrected chi connectivity index (χ0v) is 13.6. The number of nitrogens with zero attached hydrogens (tertiary/aromatic N) is 2. The molecule has 6 heteroatoms. The van der Waals surface area contributed by atoms with Gasteiger partial charge in [0.05, 0.1) is 23.1 Å². The fourth-order valence-electron chi connectivity index (χ4n) is 2.70. The molecular formula is C16H20N2O3S. The molecule has 1 atom stereocenters. The molecule has 2 rings (SSSR count). The van der Waals surface area contributed by atoms with Crippen LogP contribution >= 0.6 is 0 Å². The lowest BCUT2D eigenvalue weighted by Crippen LogP contribution is -2.43. The molecule has 1 aliphatic rings. The highest BCUT2D eigenvalue weighted by Crippen LogP contribution is 2.21. The summed E-state index contributed by atoms with van der Waals surface area (Å²) in [6.07, 6.45) is 0.485. The van der Waals surface area contributed by atoms with Crippen molar-refractivity contribution in [2.75, 3.05) is 18.1 Å². The van der Waals surface area contributed by atoms with Crippen LogP contribution in [0.2, 0.25) is 0 Å². The average molecular weight is 320 g/mol. The van der Waals surface area contributed by atoms with Crippen molar-refractivity contribution in [2.45, 2.75) is 26.3 Å². The van der Waals surface area contributed by atoms with Crippen LogP contribution in [0.4, 0.5) is 0 Å². The van der Waals surface area contributed by atoms with E-state index in [1.54, 1.807) is 29.2 Å². The first kappa shape index (κ1) is 16.5. The Morgan fingerprint density at radius 1 is 1.45 bits per heavy atom. The van der Waals surface area contributed by atoms with E-state index < -0.39 is 9.84 Å². The highest BCUT2D eigenvalue weighted by Gasteiger charge is 2.35. The van der Waals surface area contributed by atoms with Crippen molar-refractivity contribution in [3.8, 4) is 6.07 Å². The van der Waals surface area contributed by atoms with E-state index >= 15 is 0 Å². The molecule has 0 radical (unpaired) electrons. The Hall–Kier alpha value is -1.87. The standard InChI is InChI=1S/C16H20N2O3S/c1-12(2)10-18(15-6-7-22(20,21)11-15)16(19)14-5-3-4-13(8-14)9-17/h3-5,8,12,15H,6-7,10-11H2,1-2H3/t15-/m1/s1. The van der Waals surface area contributed by atoms with Gasteiger partial charge in [0.15, 0.2) is 9.84 Å². The zero-order valence-electron chi connectivity index (χ0n) is 12.8. The van der Waals surface area contributed by atoms with E-state index in [9.17, 15) is 13.2 Å². The highest BCUT2D eigenvalue weighted by molar-refractivity contribution is 7.91. The Balaban J connectivity index is 2.29. The number of carbonyl (C=O) groups excluding carboxylic acids is 1. The zero-order chi connectivity index (χ0) is 16.3. The van der Waals surface area contributed by atoms with Crippen molar-refractivity contribution in [2.24, 2.45) is 5.92 Å². The predicted octanol–water partition coefficient (Wildman–Crippen LogP) is 1.84. The van der Waals surface area contributed by atoms with Crippen molar-refractivity contribution >= 4 is 15.7 Å². The summed E-state index contributed by atoms with van der Waals surface area (Å²) in [6.45, 7) is 4.50. The molecule has 118 valence electrons. The van der Waals surface area contributed by atoms with Gasteiger partial charge < -0.3 is 4.90 Å². The van der Waals surface area contributed by atoms with Gasteiger partial charge in [-0.1, -0.05) is 19.9 Å². The van der Waals surface area contributed by atoms with Crippen LogP contribution in [0.25, 0.3) is 0 Å². The maximum Gasteiger partial charge on any atom is 0.254 e. The van der Waals surface area contributed by atoms with E-state index in [1.165, 1.54) is 0 Å². The average Bonchev–Trinajstić information content (AvgIpc) is 2.84. The molecule has 1 aliphatic heterocycles. The monoisotopic (exact) mass is 320 g/mol. The van der Waals surface area contributed by atoms with Crippen molar-refractivity contribution in [3.05, 3.63) is 35.4 Å². The van der Waals surface area contributed by atoms with Crippen LogP contribution in [-0.4, -0.2) is 43.3 Å². The molecule has 1 fully saturated rings. The number of rotatable bonds is 4. The second-order valence-electron chi connectivity index (χ2n) is 6.10. The summed E-state index contributed by atoms with van der Waals surface area (Å²) >= 11 is 0. The highest BCUT2D eigenvalue weighted by atomic mass is 32.2. The largest absolute Gasteiger partial charge is 0.334 e. The van der Waals surface area contributed by atoms with Gasteiger partial charge in [-0.2, -0.15) is 5.26 Å². The van der Waals surface area contributed by atoms with E-state index in [4.69, 9.17) is 5.26 Å². The second kappa shape index (κ2) is 6.49. The van der Waals surface area contributed by atoms with Gasteiger partial charge in [-0.05, 0) is 30.5 Å². The number of hydrogen-bond donors (Lipinski definition) is 0. The Labute approximate surface area is 131 Å². The fraction of sp³-hybridized carbons (Fsp3) is 0.500. The molecule has 0 N–H and O–H groups in total. The molecule has 0 unspecified atom stereocenters. The van der Waals surface area contributed by atoms with Crippen LogP contribution in [0.3, 0.4) is 0 Å². The first-order chi connectivity index (χ1) is 10.3. The Morgan fingerprint density at radius 3 is 2.73 bits per heavy atom. The summed E-state index contributed by atoms with van der Waals surface area (Å²) in [6, 6.07) is 8.28. The van der Waals surface area contributed by atoms with Crippen LogP contribution in [0.15, 0.2) is 24.3 Å². The molecule has 0 saturated carbocycles. The molecule has 0 spiro atoms. The number of amides is 1. The molecule has 0 bridgehead atoms. The smallest absolute Gasteiger partial charge is 0.254 e. The molecule has 1 saturated heterocycles. The van der Waals surface area contributed by atoms with Gasteiger partial charge >= 0.3 is 0 Å². The van der Waals surface area contributed by atoms with Crippen molar-refractivity contribution in [1.82, 2.24) is 4.90 Å². The van der Waals surface area contributed by atoms with Gasteiger partial charge in [-0.15, -0.1) is 0 Å². The Kier molecular flexibility index (Phi) is 4.87. The number of carbonyl (C=O) groups is 1. The first-order valence-electron chi connectivity index (χ1n) is 7.34. The first-order valence-corrected chi connectivity index (χ1v) is 9.16. The molecule has 5 nitrogen and oxygen atoms in total. The molecular weight excluding hydrogens is 300 g/mol. The van der Waals surface area contributed by atoms with Crippen molar-refractivity contribution < 1.29 is 13.2 Å². The maximum absolute atomic E-state index is 12.8. The lowest BCUT2D eigenvalue weighted by atomic mass is 10.1. The van der Waals surface area contributed by atoms with E-state index in [0.29, 0.717) is 24.1 Å². The number of benzene rings is 1. The Bertz CT molecular complexity index is 704. The van der Waals surface area contributed by atoms with E-state index in [1.807, 2.05) is 19.9 Å². The van der Waals surface area contributed by atoms with Gasteiger partial charge in [-0.3, -0.25) is 4.79 Å². The number of nitriles is 1. The molecule has 0 aliphatic carbocycles. The molecule has 1 heterocycles. The maximum atomic E-state index is 12.8. The van der Waals surface area contributed by atoms with Gasteiger partial charge in [0.1, 0.15) is 0 Å². The number of hydrogen-bond acceptors (Lipinski definition) is 4. The van der Waals surface area contributed by atoms with E-state index in [0.717, 1.165) is 0 Å². The van der Waals surface area contributed by atoms with Crippen molar-refractivity contribution in [1.29, 1.82) is 5.26 Å². The lowest BCUT2D eigenvalue weighted by Gasteiger charge is -2.30. The molecule has 1 aromatic rings. The SMILES string of the molecule is CC(C)CN(C(=O)c1cccc(C#N)c1)[C@@H]1CCS(=O)(=O)C1. The third-order valence-electron chi connectivity index (χ3n) is 3.71. The third kappa shape index (κ3) is 3.86. The number of sulfone groups is 1. The molecule has 1 amide bonds.